The van der Waals surface area contributed by atoms with Gasteiger partial charge in [-0.15, -0.1) is 0 Å². The van der Waals surface area contributed by atoms with Crippen LogP contribution in [0.2, 0.25) is 0 Å². The molecular weight excluding hydrogens is 234 g/mol. The van der Waals surface area contributed by atoms with Crippen molar-refractivity contribution >= 4 is 16.7 Å². The van der Waals surface area contributed by atoms with Crippen molar-refractivity contribution in [3.05, 3.63) is 36.0 Å². The van der Waals surface area contributed by atoms with Crippen LogP contribution in [0.1, 0.15) is 44.5 Å². The number of carbonyl (C=O) groups is 1. The van der Waals surface area contributed by atoms with Crippen molar-refractivity contribution in [1.82, 2.24) is 4.57 Å². The van der Waals surface area contributed by atoms with Crippen LogP contribution in [0.15, 0.2) is 30.5 Å². The van der Waals surface area contributed by atoms with E-state index in [1.807, 2.05) is 32.2 Å². The normalized spacial score (nSPS) is 11.7. The molecular formula is C17H23NO. The van der Waals surface area contributed by atoms with Crippen LogP contribution in [0.25, 0.3) is 10.9 Å². The third-order valence-electron chi connectivity index (χ3n) is 3.53. The lowest BCUT2D eigenvalue weighted by Crippen LogP contribution is -2.07. The van der Waals surface area contributed by atoms with E-state index in [9.17, 15) is 4.79 Å². The predicted octanol–water partition coefficient (Wildman–Crippen LogP) is 4.53. The minimum atomic E-state index is 0.0457. The topological polar surface area (TPSA) is 22.0 Å². The molecule has 0 aliphatic rings. The van der Waals surface area contributed by atoms with Crippen molar-refractivity contribution in [2.75, 3.05) is 0 Å². The molecule has 2 heteroatoms. The SMILES string of the molecule is CC(C)CCn1cc(C(=O)C(C)C)c2ccccc21. The van der Waals surface area contributed by atoms with Crippen molar-refractivity contribution < 1.29 is 4.79 Å². The van der Waals surface area contributed by atoms with Crippen LogP contribution in [0, 0.1) is 11.8 Å². The first-order valence-electron chi connectivity index (χ1n) is 7.12. The minimum absolute atomic E-state index is 0.0457. The fraction of sp³-hybridized carbons (Fsp3) is 0.471. The first-order valence-corrected chi connectivity index (χ1v) is 7.12. The summed E-state index contributed by atoms with van der Waals surface area (Å²) in [5, 5.41) is 1.09. The summed E-state index contributed by atoms with van der Waals surface area (Å²) in [7, 11) is 0. The lowest BCUT2D eigenvalue weighted by atomic mass is 10.0. The van der Waals surface area contributed by atoms with Gasteiger partial charge in [0.15, 0.2) is 5.78 Å². The van der Waals surface area contributed by atoms with Gasteiger partial charge in [-0.2, -0.15) is 0 Å². The Bertz CT molecular complexity index is 578. The van der Waals surface area contributed by atoms with Crippen molar-refractivity contribution in [3.8, 4) is 0 Å². The summed E-state index contributed by atoms with van der Waals surface area (Å²) in [6, 6.07) is 8.20. The van der Waals surface area contributed by atoms with E-state index in [-0.39, 0.29) is 11.7 Å². The Labute approximate surface area is 115 Å². The van der Waals surface area contributed by atoms with E-state index in [4.69, 9.17) is 0 Å². The Kier molecular flexibility index (Phi) is 4.08. The number of nitrogens with zero attached hydrogens (tertiary/aromatic N) is 1. The highest BCUT2D eigenvalue weighted by Crippen LogP contribution is 2.24. The number of hydrogen-bond acceptors (Lipinski definition) is 1. The van der Waals surface area contributed by atoms with Gasteiger partial charge < -0.3 is 4.57 Å². The first kappa shape index (κ1) is 13.9. The maximum absolute atomic E-state index is 12.3. The molecule has 0 bridgehead atoms. The minimum Gasteiger partial charge on any atom is -0.347 e. The highest BCUT2D eigenvalue weighted by atomic mass is 16.1. The maximum atomic E-state index is 12.3. The monoisotopic (exact) mass is 257 g/mol. The van der Waals surface area contributed by atoms with E-state index in [0.29, 0.717) is 5.92 Å². The zero-order chi connectivity index (χ0) is 14.0. The first-order chi connectivity index (χ1) is 9.00. The predicted molar refractivity (Wildman–Crippen MR) is 80.6 cm³/mol. The number of Topliss-reactive ketones (excluding diaryl/α,β-unsaturated/α-hetero) is 1. The highest BCUT2D eigenvalue weighted by Gasteiger charge is 2.17. The van der Waals surface area contributed by atoms with Gasteiger partial charge in [-0.05, 0) is 18.4 Å². The van der Waals surface area contributed by atoms with E-state index < -0.39 is 0 Å². The third kappa shape index (κ3) is 2.89. The van der Waals surface area contributed by atoms with Crippen molar-refractivity contribution in [3.63, 3.8) is 0 Å². The molecule has 0 spiro atoms. The molecule has 0 amide bonds. The van der Waals surface area contributed by atoms with Gasteiger partial charge in [0.1, 0.15) is 0 Å². The number of benzene rings is 1. The van der Waals surface area contributed by atoms with Gasteiger partial charge in [-0.1, -0.05) is 45.9 Å². The maximum Gasteiger partial charge on any atom is 0.167 e. The summed E-state index contributed by atoms with van der Waals surface area (Å²) >= 11 is 0. The zero-order valence-corrected chi connectivity index (χ0v) is 12.3. The summed E-state index contributed by atoms with van der Waals surface area (Å²) in [6.45, 7) is 9.35. The summed E-state index contributed by atoms with van der Waals surface area (Å²) in [4.78, 5) is 12.3. The van der Waals surface area contributed by atoms with Crippen LogP contribution in [0.3, 0.4) is 0 Å². The van der Waals surface area contributed by atoms with Gasteiger partial charge in [0, 0.05) is 35.1 Å². The molecule has 0 radical (unpaired) electrons. The fourth-order valence-corrected chi connectivity index (χ4v) is 2.34. The number of fused-ring (bicyclic) bond motifs is 1. The van der Waals surface area contributed by atoms with Crippen molar-refractivity contribution in [1.29, 1.82) is 0 Å². The van der Waals surface area contributed by atoms with Crippen molar-refractivity contribution in [2.45, 2.75) is 40.7 Å². The second-order valence-electron chi connectivity index (χ2n) is 5.95. The summed E-state index contributed by atoms with van der Waals surface area (Å²) in [5.74, 6) is 0.953. The Balaban J connectivity index is 2.45. The van der Waals surface area contributed by atoms with Crippen molar-refractivity contribution in [2.24, 2.45) is 11.8 Å². The van der Waals surface area contributed by atoms with E-state index in [0.717, 1.165) is 23.9 Å². The lowest BCUT2D eigenvalue weighted by Gasteiger charge is -2.07. The van der Waals surface area contributed by atoms with Gasteiger partial charge in [0.2, 0.25) is 0 Å². The Morgan fingerprint density at radius 3 is 2.47 bits per heavy atom. The third-order valence-corrected chi connectivity index (χ3v) is 3.53. The number of carbonyl (C=O) groups excluding carboxylic acids is 1. The van der Waals surface area contributed by atoms with Gasteiger partial charge >= 0.3 is 0 Å². The van der Waals surface area contributed by atoms with Gasteiger partial charge in [-0.3, -0.25) is 4.79 Å². The number of aryl methyl sites for hydroxylation is 1. The van der Waals surface area contributed by atoms with Crippen LogP contribution >= 0.6 is 0 Å². The molecule has 1 aromatic carbocycles. The Morgan fingerprint density at radius 2 is 1.84 bits per heavy atom. The van der Waals surface area contributed by atoms with Crippen LogP contribution in [0.4, 0.5) is 0 Å². The number of rotatable bonds is 5. The lowest BCUT2D eigenvalue weighted by molar-refractivity contribution is 0.0941. The number of hydrogen-bond donors (Lipinski definition) is 0. The number of aromatic nitrogens is 1. The van der Waals surface area contributed by atoms with Crippen LogP contribution in [-0.2, 0) is 6.54 Å². The molecule has 1 heterocycles. The Hall–Kier alpha value is -1.57. The molecule has 102 valence electrons. The van der Waals surface area contributed by atoms with Crippen LogP contribution in [-0.4, -0.2) is 10.4 Å². The summed E-state index contributed by atoms with van der Waals surface area (Å²) in [6.07, 6.45) is 3.17. The standard InChI is InChI=1S/C17H23NO/c1-12(2)9-10-18-11-15(17(19)13(3)4)14-7-5-6-8-16(14)18/h5-8,11-13H,9-10H2,1-4H3. The molecule has 2 nitrogen and oxygen atoms in total. The number of para-hydroxylation sites is 1. The van der Waals surface area contributed by atoms with Gasteiger partial charge in [0.05, 0.1) is 0 Å². The number of ketones is 1. The Morgan fingerprint density at radius 1 is 1.16 bits per heavy atom. The molecule has 0 N–H and O–H groups in total. The molecule has 1 aromatic heterocycles. The molecule has 2 aromatic rings. The average Bonchev–Trinajstić information content (AvgIpc) is 2.74. The molecule has 0 unspecified atom stereocenters. The van der Waals surface area contributed by atoms with Crippen LogP contribution < -0.4 is 0 Å². The van der Waals surface area contributed by atoms with Crippen LogP contribution in [0.5, 0.6) is 0 Å². The second kappa shape index (κ2) is 5.60. The molecule has 0 aliphatic carbocycles. The molecule has 0 saturated carbocycles. The van der Waals surface area contributed by atoms with E-state index in [2.05, 4.69) is 30.5 Å². The molecule has 19 heavy (non-hydrogen) atoms. The fourth-order valence-electron chi connectivity index (χ4n) is 2.34. The van der Waals surface area contributed by atoms with Gasteiger partial charge in [-0.25, -0.2) is 0 Å². The zero-order valence-electron chi connectivity index (χ0n) is 12.3. The quantitative estimate of drug-likeness (QED) is 0.721. The highest BCUT2D eigenvalue weighted by molar-refractivity contribution is 6.08. The molecule has 0 saturated heterocycles. The molecule has 2 rings (SSSR count). The van der Waals surface area contributed by atoms with E-state index in [1.54, 1.807) is 0 Å². The molecule has 0 fully saturated rings. The molecule has 0 aliphatic heterocycles. The van der Waals surface area contributed by atoms with E-state index in [1.165, 1.54) is 5.52 Å². The average molecular weight is 257 g/mol. The molecule has 0 atom stereocenters. The van der Waals surface area contributed by atoms with E-state index >= 15 is 0 Å². The summed E-state index contributed by atoms with van der Waals surface area (Å²) in [5.41, 5.74) is 2.04. The smallest absolute Gasteiger partial charge is 0.167 e. The largest absolute Gasteiger partial charge is 0.347 e. The summed E-state index contributed by atoms with van der Waals surface area (Å²) < 4.78 is 2.23. The van der Waals surface area contributed by atoms with Gasteiger partial charge in [0.25, 0.3) is 0 Å². The second-order valence-corrected chi connectivity index (χ2v) is 5.95.